The van der Waals surface area contributed by atoms with Gasteiger partial charge in [-0.3, -0.25) is 9.59 Å². The summed E-state index contributed by atoms with van der Waals surface area (Å²) >= 11 is 6.56. The maximum atomic E-state index is 13.4. The fourth-order valence-corrected chi connectivity index (χ4v) is 7.49. The Labute approximate surface area is 195 Å². The molecule has 2 aromatic rings. The first-order valence-electron chi connectivity index (χ1n) is 11.5. The highest BCUT2D eigenvalue weighted by atomic mass is 35.5. The van der Waals surface area contributed by atoms with Gasteiger partial charge in [0.1, 0.15) is 18.2 Å². The number of carbonyl (C=O) groups is 1. The van der Waals surface area contributed by atoms with Crippen LogP contribution in [0.5, 0.6) is 11.5 Å². The minimum absolute atomic E-state index is 0.0860. The number of rotatable bonds is 5. The highest BCUT2D eigenvalue weighted by Crippen LogP contribution is 2.65. The number of halogens is 1. The molecule has 9 heteroatoms. The van der Waals surface area contributed by atoms with Crippen LogP contribution in [0, 0.1) is 17.3 Å². The standard InChI is InChI=1S/C24H26ClN3O5/c25-21-17(27-16-1-2-18-19(6-16)33-4-3-32-18)12-26-28(22(21)31)24-9-14-5-15(10-24)8-23(7-14,13-24)11-20(29)30/h1-2,6,12,14-15,27H,3-5,7-11,13H2,(H,29,30)/t14-,15+,23?,24?. The number of anilines is 2. The lowest BCUT2D eigenvalue weighted by Gasteiger charge is -2.61. The first-order valence-corrected chi connectivity index (χ1v) is 11.9. The van der Waals surface area contributed by atoms with Gasteiger partial charge < -0.3 is 19.9 Å². The number of benzene rings is 1. The molecule has 8 nitrogen and oxygen atoms in total. The number of hydrogen-bond acceptors (Lipinski definition) is 6. The smallest absolute Gasteiger partial charge is 0.303 e. The molecule has 7 rings (SSSR count). The number of fused-ring (bicyclic) bond motifs is 1. The lowest BCUT2D eigenvalue weighted by molar-refractivity contribution is -0.151. The molecular formula is C24H26ClN3O5. The summed E-state index contributed by atoms with van der Waals surface area (Å²) in [7, 11) is 0. The van der Waals surface area contributed by atoms with Crippen LogP contribution in [0.4, 0.5) is 11.4 Å². The van der Waals surface area contributed by atoms with E-state index in [1.807, 2.05) is 18.2 Å². The monoisotopic (exact) mass is 471 g/mol. The van der Waals surface area contributed by atoms with E-state index in [4.69, 9.17) is 21.1 Å². The predicted molar refractivity (Wildman–Crippen MR) is 122 cm³/mol. The molecule has 4 fully saturated rings. The number of ether oxygens (including phenoxy) is 2. The molecular weight excluding hydrogens is 446 g/mol. The lowest BCUT2D eigenvalue weighted by Crippen LogP contribution is -2.59. The van der Waals surface area contributed by atoms with Gasteiger partial charge in [0.2, 0.25) is 0 Å². The molecule has 1 aromatic heterocycles. The zero-order valence-corrected chi connectivity index (χ0v) is 18.9. The van der Waals surface area contributed by atoms with Gasteiger partial charge in [0, 0.05) is 11.8 Å². The van der Waals surface area contributed by atoms with Crippen molar-refractivity contribution in [2.24, 2.45) is 17.3 Å². The first-order chi connectivity index (χ1) is 15.8. The Bertz CT molecular complexity index is 1180. The van der Waals surface area contributed by atoms with Gasteiger partial charge in [-0.05, 0) is 67.9 Å². The topological polar surface area (TPSA) is 103 Å². The molecule has 4 aliphatic carbocycles. The molecule has 5 aliphatic rings. The third kappa shape index (κ3) is 3.46. The molecule has 0 spiro atoms. The third-order valence-corrected chi connectivity index (χ3v) is 8.23. The van der Waals surface area contributed by atoms with Crippen LogP contribution >= 0.6 is 11.6 Å². The number of carboxylic acid groups (broad SMARTS) is 1. The second-order valence-corrected chi connectivity index (χ2v) is 10.7. The molecule has 2 heterocycles. The summed E-state index contributed by atoms with van der Waals surface area (Å²) < 4.78 is 12.8. The summed E-state index contributed by atoms with van der Waals surface area (Å²) in [5, 5.41) is 17.4. The molecule has 4 saturated carbocycles. The maximum Gasteiger partial charge on any atom is 0.303 e. The number of nitrogens with one attached hydrogen (secondary N) is 1. The van der Waals surface area contributed by atoms with E-state index < -0.39 is 11.5 Å². The van der Waals surface area contributed by atoms with Crippen molar-refractivity contribution in [3.63, 3.8) is 0 Å². The van der Waals surface area contributed by atoms with Crippen molar-refractivity contribution >= 4 is 28.9 Å². The minimum Gasteiger partial charge on any atom is -0.486 e. The number of aliphatic carboxylic acids is 1. The summed E-state index contributed by atoms with van der Waals surface area (Å²) in [6.07, 6.45) is 7.16. The average Bonchev–Trinajstić information content (AvgIpc) is 2.75. The van der Waals surface area contributed by atoms with Crippen LogP contribution in [-0.2, 0) is 10.3 Å². The molecule has 33 heavy (non-hydrogen) atoms. The summed E-state index contributed by atoms with van der Waals surface area (Å²) in [5.41, 5.74) is 0.128. The van der Waals surface area contributed by atoms with Crippen molar-refractivity contribution in [3.05, 3.63) is 39.8 Å². The second kappa shape index (κ2) is 7.38. The fourth-order valence-electron chi connectivity index (χ4n) is 7.31. The highest BCUT2D eigenvalue weighted by molar-refractivity contribution is 6.33. The van der Waals surface area contributed by atoms with E-state index >= 15 is 0 Å². The summed E-state index contributed by atoms with van der Waals surface area (Å²) in [4.78, 5) is 25.0. The zero-order valence-electron chi connectivity index (χ0n) is 18.2. The van der Waals surface area contributed by atoms with Crippen LogP contribution in [0.15, 0.2) is 29.2 Å². The van der Waals surface area contributed by atoms with Crippen LogP contribution in [0.25, 0.3) is 0 Å². The van der Waals surface area contributed by atoms with E-state index in [2.05, 4.69) is 10.4 Å². The van der Waals surface area contributed by atoms with Crippen molar-refractivity contribution in [3.8, 4) is 11.5 Å². The molecule has 0 radical (unpaired) electrons. The quantitative estimate of drug-likeness (QED) is 0.674. The molecule has 4 bridgehead atoms. The zero-order chi connectivity index (χ0) is 22.8. The number of aromatic nitrogens is 2. The van der Waals surface area contributed by atoms with Gasteiger partial charge in [0.15, 0.2) is 11.5 Å². The number of carboxylic acids is 1. The Hall–Kier alpha value is -2.74. The van der Waals surface area contributed by atoms with Gasteiger partial charge in [-0.1, -0.05) is 11.6 Å². The molecule has 174 valence electrons. The van der Waals surface area contributed by atoms with Gasteiger partial charge in [0.05, 0.1) is 23.8 Å². The molecule has 0 saturated heterocycles. The van der Waals surface area contributed by atoms with Crippen molar-refractivity contribution in [2.75, 3.05) is 18.5 Å². The Morgan fingerprint density at radius 1 is 1.18 bits per heavy atom. The minimum atomic E-state index is -0.760. The Morgan fingerprint density at radius 2 is 1.91 bits per heavy atom. The molecule has 4 atom stereocenters. The van der Waals surface area contributed by atoms with E-state index in [9.17, 15) is 14.7 Å². The number of nitrogens with zero attached hydrogens (tertiary/aromatic N) is 2. The molecule has 2 N–H and O–H groups in total. The fraction of sp³-hybridized carbons (Fsp3) is 0.542. The van der Waals surface area contributed by atoms with E-state index in [0.29, 0.717) is 48.7 Å². The summed E-state index contributed by atoms with van der Waals surface area (Å²) in [6, 6.07) is 5.46. The highest BCUT2D eigenvalue weighted by Gasteiger charge is 2.59. The van der Waals surface area contributed by atoms with Crippen LogP contribution in [0.3, 0.4) is 0 Å². The van der Waals surface area contributed by atoms with E-state index in [-0.39, 0.29) is 22.4 Å². The Morgan fingerprint density at radius 3 is 2.64 bits per heavy atom. The Balaban J connectivity index is 1.32. The van der Waals surface area contributed by atoms with E-state index in [1.165, 1.54) is 0 Å². The van der Waals surface area contributed by atoms with E-state index in [1.54, 1.807) is 10.9 Å². The van der Waals surface area contributed by atoms with Crippen LogP contribution in [0.2, 0.25) is 5.02 Å². The van der Waals surface area contributed by atoms with Crippen molar-refractivity contribution in [1.82, 2.24) is 9.78 Å². The van der Waals surface area contributed by atoms with Gasteiger partial charge in [-0.2, -0.15) is 5.10 Å². The third-order valence-electron chi connectivity index (χ3n) is 7.87. The first kappa shape index (κ1) is 20.8. The van der Waals surface area contributed by atoms with Gasteiger partial charge in [-0.25, -0.2) is 4.68 Å². The number of hydrogen-bond donors (Lipinski definition) is 2. The van der Waals surface area contributed by atoms with Crippen LogP contribution in [-0.4, -0.2) is 34.1 Å². The van der Waals surface area contributed by atoms with Crippen molar-refractivity contribution < 1.29 is 19.4 Å². The SMILES string of the molecule is O=C(O)CC12C[C@H]3C[C@@H](C1)CC(n1ncc(Nc4ccc5c(c4)OCCO5)c(Cl)c1=O)(C3)C2. The van der Waals surface area contributed by atoms with Crippen molar-refractivity contribution in [2.45, 2.75) is 50.5 Å². The van der Waals surface area contributed by atoms with Gasteiger partial charge >= 0.3 is 5.97 Å². The summed E-state index contributed by atoms with van der Waals surface area (Å²) in [5.74, 6) is 1.44. The van der Waals surface area contributed by atoms with Gasteiger partial charge in [0.25, 0.3) is 5.56 Å². The summed E-state index contributed by atoms with van der Waals surface area (Å²) in [6.45, 7) is 1.01. The average molecular weight is 472 g/mol. The normalized spacial score (nSPS) is 31.4. The van der Waals surface area contributed by atoms with Crippen molar-refractivity contribution in [1.29, 1.82) is 0 Å². The molecule has 0 amide bonds. The predicted octanol–water partition coefficient (Wildman–Crippen LogP) is 4.18. The molecule has 1 aliphatic heterocycles. The maximum absolute atomic E-state index is 13.4. The van der Waals surface area contributed by atoms with Gasteiger partial charge in [-0.15, -0.1) is 0 Å². The Kier molecular flexibility index (Phi) is 4.66. The lowest BCUT2D eigenvalue weighted by atomic mass is 9.46. The van der Waals surface area contributed by atoms with Crippen LogP contribution in [0.1, 0.15) is 44.9 Å². The molecule has 1 aromatic carbocycles. The molecule has 2 unspecified atom stereocenters. The van der Waals surface area contributed by atoms with Crippen LogP contribution < -0.4 is 20.3 Å². The second-order valence-electron chi connectivity index (χ2n) is 10.3. The largest absolute Gasteiger partial charge is 0.486 e. The van der Waals surface area contributed by atoms with E-state index in [0.717, 1.165) is 37.8 Å².